The maximum atomic E-state index is 13.2. The van der Waals surface area contributed by atoms with Crippen molar-refractivity contribution in [2.24, 2.45) is 0 Å². The number of rotatable bonds is 8. The largest absolute Gasteiger partial charge is 0.478 e. The van der Waals surface area contributed by atoms with Crippen molar-refractivity contribution in [1.29, 1.82) is 0 Å². The van der Waals surface area contributed by atoms with Crippen LogP contribution in [0.2, 0.25) is 0 Å². The predicted octanol–water partition coefficient (Wildman–Crippen LogP) is 4.00. The summed E-state index contributed by atoms with van der Waals surface area (Å²) in [4.78, 5) is 40.4. The summed E-state index contributed by atoms with van der Waals surface area (Å²) in [5.41, 5.74) is 3.64. The summed E-state index contributed by atoms with van der Waals surface area (Å²) >= 11 is 0. The van der Waals surface area contributed by atoms with Gasteiger partial charge < -0.3 is 25.1 Å². The lowest BCUT2D eigenvalue weighted by atomic mass is 9.89. The number of carbonyl (C=O) groups is 3. The van der Waals surface area contributed by atoms with E-state index in [1.165, 1.54) is 10.7 Å². The van der Waals surface area contributed by atoms with Crippen LogP contribution in [0.25, 0.3) is 33.4 Å². The fourth-order valence-electron chi connectivity index (χ4n) is 5.25. The van der Waals surface area contributed by atoms with E-state index in [9.17, 15) is 19.5 Å². The van der Waals surface area contributed by atoms with Gasteiger partial charge in [0.15, 0.2) is 0 Å². The molecule has 2 amide bonds. The second-order valence-electron chi connectivity index (χ2n) is 13.0. The molecule has 0 bridgehead atoms. The number of carbonyl (C=O) groups excluding carboxylic acids is 2. The molecule has 244 valence electrons. The van der Waals surface area contributed by atoms with Gasteiger partial charge in [0.1, 0.15) is 37.2 Å². The van der Waals surface area contributed by atoms with E-state index >= 15 is 0 Å². The van der Waals surface area contributed by atoms with Gasteiger partial charge in [-0.05, 0) is 63.6 Å². The summed E-state index contributed by atoms with van der Waals surface area (Å²) < 4.78 is 9.78. The minimum atomic E-state index is -1.17. The third kappa shape index (κ3) is 7.01. The highest BCUT2D eigenvalue weighted by molar-refractivity contribution is 6.09. The Labute approximate surface area is 272 Å². The highest BCUT2D eigenvalue weighted by Crippen LogP contribution is 2.42. The van der Waals surface area contributed by atoms with Crippen LogP contribution >= 0.6 is 0 Å². The summed E-state index contributed by atoms with van der Waals surface area (Å²) in [6, 6.07) is 15.7. The van der Waals surface area contributed by atoms with Crippen LogP contribution in [0.3, 0.4) is 0 Å². The molecule has 0 radical (unpaired) electrons. The van der Waals surface area contributed by atoms with Gasteiger partial charge in [-0.25, -0.2) is 14.1 Å². The molecule has 2 aromatic carbocycles. The van der Waals surface area contributed by atoms with Crippen LogP contribution in [0.5, 0.6) is 0 Å². The van der Waals surface area contributed by atoms with Crippen molar-refractivity contribution in [2.45, 2.75) is 45.8 Å². The molecule has 2 heterocycles. The average molecular weight is 639 g/mol. The van der Waals surface area contributed by atoms with Crippen LogP contribution < -0.4 is 25.5 Å². The third-order valence-electron chi connectivity index (χ3n) is 7.77. The minimum Gasteiger partial charge on any atom is -0.478 e. The van der Waals surface area contributed by atoms with Crippen molar-refractivity contribution in [3.05, 3.63) is 83.0 Å². The van der Waals surface area contributed by atoms with Crippen LogP contribution in [0.15, 0.2) is 65.2 Å². The second-order valence-corrected chi connectivity index (χ2v) is 13.0. The number of carboxylic acids is 1. The lowest BCUT2D eigenvalue weighted by Crippen LogP contribution is -2.43. The van der Waals surface area contributed by atoms with E-state index in [4.69, 9.17) is 4.42 Å². The molecule has 0 saturated heterocycles. The number of fused-ring (bicyclic) bond motifs is 2. The summed E-state index contributed by atoms with van der Waals surface area (Å²) in [5.74, 6) is -1.25. The van der Waals surface area contributed by atoms with Gasteiger partial charge >= 0.3 is 5.97 Å². The third-order valence-corrected chi connectivity index (χ3v) is 7.77. The zero-order valence-electron chi connectivity index (χ0n) is 27.9. The molecule has 12 heteroatoms. The van der Waals surface area contributed by atoms with E-state index in [0.717, 1.165) is 22.0 Å². The van der Waals surface area contributed by atoms with Crippen molar-refractivity contribution in [3.63, 3.8) is 0 Å². The first-order chi connectivity index (χ1) is 22.1. The molecule has 0 fully saturated rings. The highest BCUT2D eigenvalue weighted by atomic mass is 16.4. The Kier molecular flexibility index (Phi) is 8.88. The first-order valence-electron chi connectivity index (χ1n) is 15.2. The van der Waals surface area contributed by atoms with Crippen molar-refractivity contribution < 1.29 is 23.9 Å². The number of aromatic nitrogens is 3. The monoisotopic (exact) mass is 638 g/mol. The van der Waals surface area contributed by atoms with Crippen molar-refractivity contribution in [2.75, 3.05) is 33.1 Å². The van der Waals surface area contributed by atoms with Gasteiger partial charge in [0, 0.05) is 59.5 Å². The number of nitrogens with one attached hydrogen (secondary N) is 2. The Bertz CT molecular complexity index is 2050. The Morgan fingerprint density at radius 2 is 1.74 bits per heavy atom. The van der Waals surface area contributed by atoms with Gasteiger partial charge in [-0.1, -0.05) is 11.3 Å². The van der Waals surface area contributed by atoms with Crippen molar-refractivity contribution in [1.82, 2.24) is 30.2 Å². The van der Waals surface area contributed by atoms with E-state index in [0.29, 0.717) is 28.2 Å². The minimum absolute atomic E-state index is 0.0237. The van der Waals surface area contributed by atoms with Gasteiger partial charge in [-0.2, -0.15) is 0 Å². The lowest BCUT2D eigenvalue weighted by molar-refractivity contribution is -0.125. The van der Waals surface area contributed by atoms with Gasteiger partial charge in [-0.15, -0.1) is 5.10 Å². The Morgan fingerprint density at radius 3 is 2.40 bits per heavy atom. The van der Waals surface area contributed by atoms with Crippen molar-refractivity contribution >= 4 is 34.4 Å². The summed E-state index contributed by atoms with van der Waals surface area (Å²) in [6.45, 7) is 7.43. The van der Waals surface area contributed by atoms with E-state index in [1.807, 2.05) is 94.8 Å². The number of amides is 2. The normalized spacial score (nSPS) is 12.2. The quantitative estimate of drug-likeness (QED) is 0.171. The van der Waals surface area contributed by atoms with Crippen LogP contribution in [-0.4, -0.2) is 71.6 Å². The topological polar surface area (TPSA) is 146 Å². The molecular weight excluding hydrogens is 598 g/mol. The average Bonchev–Trinajstić information content (AvgIpc) is 3.49. The molecule has 5 rings (SSSR count). The predicted molar refractivity (Wildman–Crippen MR) is 180 cm³/mol. The first kappa shape index (κ1) is 32.9. The SMILES string of the molecule is CC(C(=O)NC(C)(C)C)n1cc(CNC(=O)c2ccc(-c3c4ccc(=[N+](C)C)cc-4oc4cc(N(C)C)ccc34)c(C(=O)O)c2)nn1. The van der Waals surface area contributed by atoms with Crippen molar-refractivity contribution in [3.8, 4) is 22.5 Å². The van der Waals surface area contributed by atoms with Crippen LogP contribution in [0.1, 0.15) is 60.1 Å². The molecule has 3 N–H and O–H groups in total. The van der Waals surface area contributed by atoms with Gasteiger partial charge in [0.05, 0.1) is 24.4 Å². The number of anilines is 1. The lowest BCUT2D eigenvalue weighted by Gasteiger charge is -2.23. The molecule has 1 aromatic heterocycles. The molecule has 1 atom stereocenters. The molecule has 0 spiro atoms. The van der Waals surface area contributed by atoms with Gasteiger partial charge in [-0.3, -0.25) is 9.59 Å². The molecule has 1 aliphatic carbocycles. The summed E-state index contributed by atoms with van der Waals surface area (Å²) in [5, 5.41) is 25.9. The van der Waals surface area contributed by atoms with Gasteiger partial charge in [0.2, 0.25) is 11.3 Å². The second kappa shape index (κ2) is 12.7. The maximum absolute atomic E-state index is 13.2. The first-order valence-corrected chi connectivity index (χ1v) is 15.2. The molecule has 0 saturated carbocycles. The van der Waals surface area contributed by atoms with Crippen LogP contribution in [-0.2, 0) is 11.3 Å². The Morgan fingerprint density at radius 1 is 1.02 bits per heavy atom. The van der Waals surface area contributed by atoms with E-state index < -0.39 is 23.5 Å². The fraction of sp³-hybridized carbons (Fsp3) is 0.314. The standard InChI is InChI=1S/C35H39N7O5/c1-20(32(43)37-35(2,3)4)42-19-22(38-39-42)18-36-33(44)21-9-12-25(28(15-21)34(45)46)31-26-13-10-23(40(5)6)16-29(26)47-30-17-24(41(7)8)11-14-27(30)31/h9-17,19-20H,18H2,1-8H3,(H2-,36,37,43,44,45,46)/p+1. The fourth-order valence-corrected chi connectivity index (χ4v) is 5.25. The summed E-state index contributed by atoms with van der Waals surface area (Å²) in [6.07, 6.45) is 1.60. The van der Waals surface area contributed by atoms with Crippen LogP contribution in [0.4, 0.5) is 5.69 Å². The zero-order chi connectivity index (χ0) is 34.2. The molecule has 47 heavy (non-hydrogen) atoms. The maximum Gasteiger partial charge on any atom is 0.336 e. The number of benzene rings is 3. The van der Waals surface area contributed by atoms with Crippen LogP contribution in [0, 0.1) is 0 Å². The number of aromatic carboxylic acids is 1. The van der Waals surface area contributed by atoms with E-state index in [2.05, 4.69) is 20.9 Å². The Hall–Kier alpha value is -5.52. The Balaban J connectivity index is 1.49. The van der Waals surface area contributed by atoms with E-state index in [-0.39, 0.29) is 23.6 Å². The number of nitrogens with zero attached hydrogens (tertiary/aromatic N) is 5. The number of hydrogen-bond donors (Lipinski definition) is 3. The molecular formula is C35H40N7O5+. The smallest absolute Gasteiger partial charge is 0.336 e. The number of hydrogen-bond acceptors (Lipinski definition) is 7. The zero-order valence-corrected chi connectivity index (χ0v) is 27.9. The number of carboxylic acid groups (broad SMARTS) is 1. The molecule has 2 aliphatic rings. The molecule has 1 aliphatic heterocycles. The van der Waals surface area contributed by atoms with Gasteiger partial charge in [0.25, 0.3) is 5.91 Å². The highest BCUT2D eigenvalue weighted by Gasteiger charge is 2.25. The molecule has 1 unspecified atom stereocenters. The molecule has 3 aromatic rings. The summed E-state index contributed by atoms with van der Waals surface area (Å²) in [7, 11) is 7.76. The molecule has 12 nitrogen and oxygen atoms in total. The van der Waals surface area contributed by atoms with E-state index in [1.54, 1.807) is 25.3 Å².